The first-order valence-corrected chi connectivity index (χ1v) is 6.84. The number of nitrogens with zero attached hydrogens (tertiary/aromatic N) is 2. The third kappa shape index (κ3) is 2.78. The number of aromatic nitrogens is 2. The van der Waals surface area contributed by atoms with Crippen LogP contribution in [0, 0.1) is 18.6 Å². The smallest absolute Gasteiger partial charge is 0.293 e. The fourth-order valence-corrected chi connectivity index (χ4v) is 2.57. The molecule has 0 spiro atoms. The molecule has 0 bridgehead atoms. The summed E-state index contributed by atoms with van der Waals surface area (Å²) in [4.78, 5) is 15.6. The molecule has 23 heavy (non-hydrogen) atoms. The van der Waals surface area contributed by atoms with Crippen LogP contribution in [0.2, 0.25) is 0 Å². The standard InChI is InChI=1S/C16H13F2N3O2/c1-9-15-10(6-14(19-9)16(22)20-23)4-5-21(15)8-11-2-3-12(17)7-13(11)18/h2-7,23H,8H2,1H3,(H,20,22). The van der Waals surface area contributed by atoms with E-state index in [1.807, 2.05) is 0 Å². The first kappa shape index (κ1) is 15.1. The van der Waals surface area contributed by atoms with Gasteiger partial charge in [-0.25, -0.2) is 19.2 Å². The number of hydroxylamine groups is 1. The lowest BCUT2D eigenvalue weighted by Gasteiger charge is -2.09. The summed E-state index contributed by atoms with van der Waals surface area (Å²) in [5, 5.41) is 9.42. The SMILES string of the molecule is Cc1nc(C(=O)NO)cc2ccn(Cc3ccc(F)cc3F)c12. The normalized spacial score (nSPS) is 11.0. The summed E-state index contributed by atoms with van der Waals surface area (Å²) in [6.07, 6.45) is 1.74. The molecular weight excluding hydrogens is 304 g/mol. The highest BCUT2D eigenvalue weighted by atomic mass is 19.1. The molecule has 1 amide bonds. The van der Waals surface area contributed by atoms with Gasteiger partial charge in [0.15, 0.2) is 0 Å². The van der Waals surface area contributed by atoms with Crippen LogP contribution in [0.4, 0.5) is 8.78 Å². The summed E-state index contributed by atoms with van der Waals surface area (Å²) in [6, 6.07) is 6.74. The van der Waals surface area contributed by atoms with E-state index in [-0.39, 0.29) is 12.2 Å². The van der Waals surface area contributed by atoms with E-state index in [1.54, 1.807) is 23.8 Å². The van der Waals surface area contributed by atoms with Crippen LogP contribution in [-0.2, 0) is 6.54 Å². The number of carbonyl (C=O) groups is 1. The van der Waals surface area contributed by atoms with Crippen molar-refractivity contribution in [2.45, 2.75) is 13.5 Å². The van der Waals surface area contributed by atoms with Crippen LogP contribution >= 0.6 is 0 Å². The Morgan fingerprint density at radius 2 is 2.09 bits per heavy atom. The van der Waals surface area contributed by atoms with Crippen molar-refractivity contribution < 1.29 is 18.8 Å². The minimum atomic E-state index is -0.702. The van der Waals surface area contributed by atoms with E-state index >= 15 is 0 Å². The fourth-order valence-electron chi connectivity index (χ4n) is 2.57. The monoisotopic (exact) mass is 317 g/mol. The molecule has 7 heteroatoms. The van der Waals surface area contributed by atoms with Gasteiger partial charge in [0.1, 0.15) is 17.3 Å². The van der Waals surface area contributed by atoms with Crippen LogP contribution in [0.15, 0.2) is 36.5 Å². The Bertz CT molecular complexity index is 906. The molecule has 2 aromatic heterocycles. The molecule has 1 aromatic carbocycles. The molecule has 0 fully saturated rings. The van der Waals surface area contributed by atoms with Gasteiger partial charge < -0.3 is 4.57 Å². The lowest BCUT2D eigenvalue weighted by atomic mass is 10.2. The van der Waals surface area contributed by atoms with Crippen molar-refractivity contribution in [1.29, 1.82) is 0 Å². The fraction of sp³-hybridized carbons (Fsp3) is 0.125. The van der Waals surface area contributed by atoms with Gasteiger partial charge in [-0.1, -0.05) is 6.07 Å². The molecule has 5 nitrogen and oxygen atoms in total. The second-order valence-electron chi connectivity index (χ2n) is 5.15. The van der Waals surface area contributed by atoms with Gasteiger partial charge in [0, 0.05) is 23.2 Å². The number of hydrogen-bond acceptors (Lipinski definition) is 3. The molecule has 0 aliphatic carbocycles. The van der Waals surface area contributed by atoms with Crippen molar-refractivity contribution >= 4 is 16.8 Å². The van der Waals surface area contributed by atoms with Crippen LogP contribution in [0.1, 0.15) is 21.7 Å². The predicted molar refractivity (Wildman–Crippen MR) is 79.2 cm³/mol. The van der Waals surface area contributed by atoms with E-state index in [9.17, 15) is 13.6 Å². The lowest BCUT2D eigenvalue weighted by Crippen LogP contribution is -2.20. The number of halogens is 2. The first-order valence-electron chi connectivity index (χ1n) is 6.84. The van der Waals surface area contributed by atoms with Gasteiger partial charge >= 0.3 is 0 Å². The zero-order valence-corrected chi connectivity index (χ0v) is 12.2. The molecule has 0 aliphatic heterocycles. The van der Waals surface area contributed by atoms with Crippen LogP contribution in [0.5, 0.6) is 0 Å². The summed E-state index contributed by atoms with van der Waals surface area (Å²) in [5.74, 6) is -1.94. The van der Waals surface area contributed by atoms with Crippen LogP contribution in [0.25, 0.3) is 10.9 Å². The predicted octanol–water partition coefficient (Wildman–Crippen LogP) is 2.79. The van der Waals surface area contributed by atoms with Gasteiger partial charge in [-0.15, -0.1) is 0 Å². The summed E-state index contributed by atoms with van der Waals surface area (Å²) in [5.41, 5.74) is 3.28. The summed E-state index contributed by atoms with van der Waals surface area (Å²) >= 11 is 0. The molecule has 0 atom stereocenters. The number of rotatable bonds is 3. The maximum atomic E-state index is 13.8. The van der Waals surface area contributed by atoms with E-state index < -0.39 is 17.5 Å². The molecule has 118 valence electrons. The summed E-state index contributed by atoms with van der Waals surface area (Å²) < 4.78 is 28.6. The van der Waals surface area contributed by atoms with Crippen molar-refractivity contribution in [3.63, 3.8) is 0 Å². The van der Waals surface area contributed by atoms with Gasteiger partial charge in [-0.2, -0.15) is 0 Å². The molecule has 0 saturated heterocycles. The van der Waals surface area contributed by atoms with E-state index in [4.69, 9.17) is 5.21 Å². The minimum absolute atomic E-state index is 0.0863. The number of aryl methyl sites for hydroxylation is 1. The Morgan fingerprint density at radius 3 is 2.78 bits per heavy atom. The minimum Gasteiger partial charge on any atom is -0.341 e. The molecular formula is C16H13F2N3O2. The Labute approximate surface area is 130 Å². The molecule has 0 radical (unpaired) electrons. The summed E-state index contributed by atoms with van der Waals surface area (Å²) in [7, 11) is 0. The second-order valence-corrected chi connectivity index (χ2v) is 5.15. The van der Waals surface area contributed by atoms with E-state index in [0.29, 0.717) is 11.3 Å². The number of benzene rings is 1. The third-order valence-corrected chi connectivity index (χ3v) is 3.61. The zero-order valence-electron chi connectivity index (χ0n) is 12.2. The maximum absolute atomic E-state index is 13.8. The van der Waals surface area contributed by atoms with E-state index in [2.05, 4.69) is 4.98 Å². The van der Waals surface area contributed by atoms with Crippen molar-refractivity contribution in [3.05, 3.63) is 65.1 Å². The number of amides is 1. The maximum Gasteiger partial charge on any atom is 0.293 e. The highest BCUT2D eigenvalue weighted by Gasteiger charge is 2.13. The average Bonchev–Trinajstić information content (AvgIpc) is 2.92. The quantitative estimate of drug-likeness (QED) is 0.576. The largest absolute Gasteiger partial charge is 0.341 e. The van der Waals surface area contributed by atoms with Crippen LogP contribution < -0.4 is 5.48 Å². The van der Waals surface area contributed by atoms with Gasteiger partial charge in [0.05, 0.1) is 17.8 Å². The molecule has 0 unspecified atom stereocenters. The molecule has 0 aliphatic rings. The van der Waals surface area contributed by atoms with Crippen LogP contribution in [0.3, 0.4) is 0 Å². The molecule has 0 saturated carbocycles. The van der Waals surface area contributed by atoms with Gasteiger partial charge in [-0.05, 0) is 25.1 Å². The zero-order chi connectivity index (χ0) is 16.6. The van der Waals surface area contributed by atoms with Crippen molar-refractivity contribution in [2.75, 3.05) is 0 Å². The molecule has 2 heterocycles. The number of carbonyl (C=O) groups excluding carboxylic acids is 1. The van der Waals surface area contributed by atoms with Crippen molar-refractivity contribution in [3.8, 4) is 0 Å². The van der Waals surface area contributed by atoms with Crippen molar-refractivity contribution in [2.24, 2.45) is 0 Å². The molecule has 2 N–H and O–H groups in total. The van der Waals surface area contributed by atoms with Crippen molar-refractivity contribution in [1.82, 2.24) is 15.0 Å². The van der Waals surface area contributed by atoms with E-state index in [1.165, 1.54) is 23.7 Å². The first-order chi connectivity index (χ1) is 11.0. The number of hydrogen-bond donors (Lipinski definition) is 2. The Balaban J connectivity index is 2.04. The second kappa shape index (κ2) is 5.77. The Hall–Kier alpha value is -2.80. The summed E-state index contributed by atoms with van der Waals surface area (Å²) in [6.45, 7) is 1.93. The van der Waals surface area contributed by atoms with Gasteiger partial charge in [0.2, 0.25) is 0 Å². The lowest BCUT2D eigenvalue weighted by molar-refractivity contribution is 0.0701. The number of fused-ring (bicyclic) bond motifs is 1. The van der Waals surface area contributed by atoms with E-state index in [0.717, 1.165) is 17.0 Å². The third-order valence-electron chi connectivity index (χ3n) is 3.61. The molecule has 3 aromatic rings. The number of nitrogens with one attached hydrogen (secondary N) is 1. The number of pyridine rings is 1. The average molecular weight is 317 g/mol. The Kier molecular flexibility index (Phi) is 3.79. The highest BCUT2D eigenvalue weighted by molar-refractivity contribution is 5.96. The van der Waals surface area contributed by atoms with Gasteiger partial charge in [-0.3, -0.25) is 10.0 Å². The highest BCUT2D eigenvalue weighted by Crippen LogP contribution is 2.22. The van der Waals surface area contributed by atoms with Gasteiger partial charge in [0.25, 0.3) is 5.91 Å². The molecule has 3 rings (SSSR count). The van der Waals surface area contributed by atoms with Crippen LogP contribution in [-0.4, -0.2) is 20.7 Å². The Morgan fingerprint density at radius 1 is 1.30 bits per heavy atom. The topological polar surface area (TPSA) is 67.2 Å².